The van der Waals surface area contributed by atoms with Crippen LogP contribution < -0.4 is 10.6 Å². The summed E-state index contributed by atoms with van der Waals surface area (Å²) >= 11 is 0. The molecule has 1 spiro atoms. The Bertz CT molecular complexity index is 977. The van der Waals surface area contributed by atoms with Gasteiger partial charge in [0.1, 0.15) is 0 Å². The SMILES string of the molecule is C[C@H]1[C@H](OCCCNC(=O)Nc2ccc([N+](=O)[O-])cc2)O[C@@H]2O[C@]3(C)CC[C@H]4[C@H](C)CC[C@@H]1[C@@]24OO3. The van der Waals surface area contributed by atoms with Crippen molar-refractivity contribution < 1.29 is 33.7 Å². The summed E-state index contributed by atoms with van der Waals surface area (Å²) in [7, 11) is 0. The van der Waals surface area contributed by atoms with Crippen molar-refractivity contribution in [2.45, 2.75) is 76.8 Å². The Labute approximate surface area is 210 Å². The molecule has 1 aromatic rings. The lowest BCUT2D eigenvalue weighted by Gasteiger charge is -2.60. The quantitative estimate of drug-likeness (QED) is 0.242. The topological polar surface area (TPSA) is 130 Å². The second-order valence-corrected chi connectivity index (χ2v) is 10.7. The molecular formula is C25H35N3O8. The van der Waals surface area contributed by atoms with Crippen LogP contribution in [0.5, 0.6) is 0 Å². The van der Waals surface area contributed by atoms with E-state index in [1.807, 2.05) is 6.92 Å². The van der Waals surface area contributed by atoms with E-state index in [4.69, 9.17) is 24.0 Å². The van der Waals surface area contributed by atoms with Crippen LogP contribution >= 0.6 is 0 Å². The molecule has 11 nitrogen and oxygen atoms in total. The van der Waals surface area contributed by atoms with Gasteiger partial charge in [0.15, 0.2) is 18.2 Å². The van der Waals surface area contributed by atoms with Gasteiger partial charge in [-0.2, -0.15) is 0 Å². The second-order valence-electron chi connectivity index (χ2n) is 10.7. The van der Waals surface area contributed by atoms with E-state index in [9.17, 15) is 14.9 Å². The van der Waals surface area contributed by atoms with E-state index in [0.29, 0.717) is 37.1 Å². The molecule has 6 rings (SSSR count). The Morgan fingerprint density at radius 1 is 1.17 bits per heavy atom. The lowest BCUT2D eigenvalue weighted by atomic mass is 9.58. The smallest absolute Gasteiger partial charge is 0.319 e. The van der Waals surface area contributed by atoms with Crippen LogP contribution in [0.3, 0.4) is 0 Å². The van der Waals surface area contributed by atoms with Crippen molar-refractivity contribution in [3.05, 3.63) is 34.4 Å². The van der Waals surface area contributed by atoms with Crippen molar-refractivity contribution in [2.75, 3.05) is 18.5 Å². The van der Waals surface area contributed by atoms with Crippen LogP contribution in [0.1, 0.15) is 52.9 Å². The zero-order chi connectivity index (χ0) is 25.5. The first-order chi connectivity index (χ1) is 17.2. The summed E-state index contributed by atoms with van der Waals surface area (Å²) in [6, 6.07) is 5.28. The van der Waals surface area contributed by atoms with Gasteiger partial charge in [0.25, 0.3) is 5.69 Å². The van der Waals surface area contributed by atoms with E-state index in [1.165, 1.54) is 24.3 Å². The molecule has 0 radical (unpaired) electrons. The number of non-ortho nitro benzene ring substituents is 1. The number of nitrogens with one attached hydrogen (secondary N) is 2. The fourth-order valence-electron chi connectivity index (χ4n) is 6.38. The van der Waals surface area contributed by atoms with Crippen LogP contribution in [0, 0.1) is 33.8 Å². The number of hydrogen-bond acceptors (Lipinski definition) is 8. The number of ether oxygens (including phenoxy) is 3. The zero-order valence-electron chi connectivity index (χ0n) is 20.9. The number of fused-ring (bicyclic) bond motifs is 2. The van der Waals surface area contributed by atoms with Gasteiger partial charge < -0.3 is 24.8 Å². The van der Waals surface area contributed by atoms with Gasteiger partial charge in [0.05, 0.1) is 11.5 Å². The van der Waals surface area contributed by atoms with Crippen molar-refractivity contribution >= 4 is 17.4 Å². The first-order valence-electron chi connectivity index (χ1n) is 12.8. The molecule has 5 aliphatic rings. The second kappa shape index (κ2) is 9.86. The number of nitrogens with zero attached hydrogens (tertiary/aromatic N) is 1. The average Bonchev–Trinajstić information content (AvgIpc) is 3.08. The Balaban J connectivity index is 1.12. The molecule has 0 aromatic heterocycles. The fourth-order valence-corrected chi connectivity index (χ4v) is 6.38. The molecule has 5 fully saturated rings. The fraction of sp³-hybridized carbons (Fsp3) is 0.720. The van der Waals surface area contributed by atoms with Gasteiger partial charge >= 0.3 is 6.03 Å². The molecule has 36 heavy (non-hydrogen) atoms. The first-order valence-corrected chi connectivity index (χ1v) is 12.8. The molecule has 1 aliphatic carbocycles. The Kier molecular flexibility index (Phi) is 6.94. The van der Waals surface area contributed by atoms with Gasteiger partial charge in [-0.05, 0) is 56.6 Å². The summed E-state index contributed by atoms with van der Waals surface area (Å²) in [6.45, 7) is 7.15. The number of carbonyl (C=O) groups excluding carboxylic acids is 1. The molecule has 4 saturated heterocycles. The number of amides is 2. The first kappa shape index (κ1) is 25.3. The van der Waals surface area contributed by atoms with Crippen LogP contribution in [-0.4, -0.2) is 48.1 Å². The lowest BCUT2D eigenvalue weighted by molar-refractivity contribution is -0.577. The van der Waals surface area contributed by atoms with E-state index in [1.54, 1.807) is 0 Å². The van der Waals surface area contributed by atoms with Gasteiger partial charge in [0, 0.05) is 42.6 Å². The predicted octanol–water partition coefficient (Wildman–Crippen LogP) is 4.33. The summed E-state index contributed by atoms with van der Waals surface area (Å²) < 4.78 is 18.9. The van der Waals surface area contributed by atoms with Crippen LogP contribution in [0.15, 0.2) is 24.3 Å². The molecule has 11 heteroatoms. The highest BCUT2D eigenvalue weighted by atomic mass is 17.3. The number of anilines is 1. The Hall–Kier alpha value is -2.31. The van der Waals surface area contributed by atoms with Crippen LogP contribution in [0.2, 0.25) is 0 Å². The van der Waals surface area contributed by atoms with Crippen molar-refractivity contribution in [3.63, 3.8) is 0 Å². The number of nitro groups is 1. The molecule has 2 bridgehead atoms. The number of rotatable bonds is 7. The average molecular weight is 506 g/mol. The number of carbonyl (C=O) groups is 1. The molecule has 0 unspecified atom stereocenters. The highest BCUT2D eigenvalue weighted by molar-refractivity contribution is 5.89. The van der Waals surface area contributed by atoms with E-state index in [2.05, 4.69) is 24.5 Å². The number of nitro benzene ring substituents is 1. The normalized spacial score (nSPS) is 39.1. The Morgan fingerprint density at radius 3 is 2.69 bits per heavy atom. The molecule has 1 aromatic carbocycles. The molecule has 4 aliphatic heterocycles. The Morgan fingerprint density at radius 2 is 1.94 bits per heavy atom. The van der Waals surface area contributed by atoms with Gasteiger partial charge in [-0.25, -0.2) is 14.6 Å². The summed E-state index contributed by atoms with van der Waals surface area (Å²) in [5, 5.41) is 16.2. The third-order valence-corrected chi connectivity index (χ3v) is 8.32. The molecular weight excluding hydrogens is 470 g/mol. The van der Waals surface area contributed by atoms with Gasteiger partial charge in [-0.1, -0.05) is 13.8 Å². The highest BCUT2D eigenvalue weighted by Gasteiger charge is 2.69. The number of urea groups is 1. The van der Waals surface area contributed by atoms with E-state index >= 15 is 0 Å². The maximum absolute atomic E-state index is 12.1. The summed E-state index contributed by atoms with van der Waals surface area (Å²) in [5.41, 5.74) is -0.160. The van der Waals surface area contributed by atoms with Crippen molar-refractivity contribution in [2.24, 2.45) is 23.7 Å². The minimum absolute atomic E-state index is 0.0308. The summed E-state index contributed by atoms with van der Waals surface area (Å²) in [5.74, 6) is 0.309. The number of hydrogen-bond donors (Lipinski definition) is 2. The zero-order valence-corrected chi connectivity index (χ0v) is 20.9. The lowest BCUT2D eigenvalue weighted by Crippen LogP contribution is -2.70. The maximum atomic E-state index is 12.1. The van der Waals surface area contributed by atoms with Gasteiger partial charge in [0.2, 0.25) is 5.79 Å². The van der Waals surface area contributed by atoms with E-state index in [0.717, 1.165) is 25.7 Å². The third kappa shape index (κ3) is 4.58. The number of benzene rings is 1. The molecule has 2 amide bonds. The van der Waals surface area contributed by atoms with Gasteiger partial charge in [-0.15, -0.1) is 0 Å². The minimum Gasteiger partial charge on any atom is -0.352 e. The van der Waals surface area contributed by atoms with Crippen molar-refractivity contribution in [1.82, 2.24) is 5.32 Å². The third-order valence-electron chi connectivity index (χ3n) is 8.32. The van der Waals surface area contributed by atoms with Gasteiger partial charge in [-0.3, -0.25) is 10.1 Å². The van der Waals surface area contributed by atoms with E-state index < -0.39 is 28.9 Å². The highest BCUT2D eigenvalue weighted by Crippen LogP contribution is 2.60. The molecule has 198 valence electrons. The molecule has 4 heterocycles. The predicted molar refractivity (Wildman–Crippen MR) is 128 cm³/mol. The molecule has 2 N–H and O–H groups in total. The maximum Gasteiger partial charge on any atom is 0.319 e. The van der Waals surface area contributed by atoms with Crippen molar-refractivity contribution in [3.8, 4) is 0 Å². The molecule has 1 saturated carbocycles. The van der Waals surface area contributed by atoms with Crippen molar-refractivity contribution in [1.29, 1.82) is 0 Å². The van der Waals surface area contributed by atoms with Crippen LogP contribution in [0.25, 0.3) is 0 Å². The van der Waals surface area contributed by atoms with Crippen LogP contribution in [-0.2, 0) is 24.0 Å². The minimum atomic E-state index is -0.816. The summed E-state index contributed by atoms with van der Waals surface area (Å²) in [6.07, 6.45) is 3.52. The van der Waals surface area contributed by atoms with Crippen LogP contribution in [0.4, 0.5) is 16.2 Å². The monoisotopic (exact) mass is 505 g/mol. The standard InChI is InChI=1S/C25H35N3O8/c1-15-5-10-20-16(2)21(33-22-25(20)19(15)11-12-24(3,34-22)35-36-25)32-14-4-13-26-23(29)27-17-6-8-18(9-7-17)28(30)31/h6-9,15-16,19-22H,4-5,10-14H2,1-3H3,(H2,26,27,29)/t15-,16-,19+,20+,21-,22-,24+,25-/m1/s1. The molecule has 8 atom stereocenters. The largest absolute Gasteiger partial charge is 0.352 e. The van der Waals surface area contributed by atoms with E-state index in [-0.39, 0.29) is 23.6 Å². The summed E-state index contributed by atoms with van der Waals surface area (Å²) in [4.78, 5) is 34.4.